The number of carboxylic acids is 1. The van der Waals surface area contributed by atoms with E-state index in [-0.39, 0.29) is 23.3 Å². The van der Waals surface area contributed by atoms with Crippen LogP contribution in [0.2, 0.25) is 0 Å². The van der Waals surface area contributed by atoms with Crippen molar-refractivity contribution in [1.29, 1.82) is 5.26 Å². The number of carbonyl (C=O) groups excluding carboxylic acids is 1. The lowest BCUT2D eigenvalue weighted by Crippen LogP contribution is -2.32. The predicted octanol–water partition coefficient (Wildman–Crippen LogP) is 4.29. The third kappa shape index (κ3) is 6.04. The second-order valence-corrected chi connectivity index (χ2v) is 8.62. The van der Waals surface area contributed by atoms with Gasteiger partial charge in [-0.2, -0.15) is 5.26 Å². The molecular formula is C26H31N3O5. The Morgan fingerprint density at radius 3 is 2.59 bits per heavy atom. The summed E-state index contributed by atoms with van der Waals surface area (Å²) in [4.78, 5) is 28.1. The molecule has 2 N–H and O–H groups in total. The van der Waals surface area contributed by atoms with E-state index >= 15 is 0 Å². The number of amides is 1. The molecule has 1 atom stereocenters. The van der Waals surface area contributed by atoms with Crippen LogP contribution in [0.4, 0.5) is 0 Å². The zero-order chi connectivity index (χ0) is 24.7. The molecule has 1 fully saturated rings. The number of hydrogen-bond acceptors (Lipinski definition) is 6. The van der Waals surface area contributed by atoms with Crippen LogP contribution in [0.3, 0.4) is 0 Å². The first-order chi connectivity index (χ1) is 16.4. The Kier molecular flexibility index (Phi) is 8.47. The van der Waals surface area contributed by atoms with Gasteiger partial charge in [-0.1, -0.05) is 6.92 Å². The van der Waals surface area contributed by atoms with Crippen LogP contribution in [0.25, 0.3) is 0 Å². The average molecular weight is 466 g/mol. The van der Waals surface area contributed by atoms with Crippen molar-refractivity contribution in [3.05, 3.63) is 52.8 Å². The van der Waals surface area contributed by atoms with Crippen molar-refractivity contribution in [2.24, 2.45) is 11.8 Å². The van der Waals surface area contributed by atoms with E-state index < -0.39 is 12.1 Å². The summed E-state index contributed by atoms with van der Waals surface area (Å²) in [5.74, 6) is -0.0224. The molecule has 1 aliphatic rings. The zero-order valence-electron chi connectivity index (χ0n) is 19.8. The average Bonchev–Trinajstić information content (AvgIpc) is 2.87. The maximum absolute atomic E-state index is 12.7. The fourth-order valence-corrected chi connectivity index (χ4v) is 4.25. The fourth-order valence-electron chi connectivity index (χ4n) is 4.25. The van der Waals surface area contributed by atoms with E-state index in [2.05, 4.69) is 16.4 Å². The molecule has 1 saturated carbocycles. The van der Waals surface area contributed by atoms with E-state index in [4.69, 9.17) is 14.6 Å². The van der Waals surface area contributed by atoms with E-state index in [1.165, 1.54) is 6.07 Å². The number of aliphatic carboxylic acids is 1. The Morgan fingerprint density at radius 2 is 1.97 bits per heavy atom. The first-order valence-electron chi connectivity index (χ1n) is 11.6. The summed E-state index contributed by atoms with van der Waals surface area (Å²) in [7, 11) is 1.57. The molecular weight excluding hydrogens is 434 g/mol. The van der Waals surface area contributed by atoms with Gasteiger partial charge < -0.3 is 19.9 Å². The van der Waals surface area contributed by atoms with Crippen LogP contribution in [0.15, 0.2) is 30.5 Å². The lowest BCUT2D eigenvalue weighted by atomic mass is 9.82. The molecule has 1 heterocycles. The third-order valence-corrected chi connectivity index (χ3v) is 6.39. The molecule has 0 unspecified atom stereocenters. The molecule has 0 bridgehead atoms. The van der Waals surface area contributed by atoms with Gasteiger partial charge in [-0.3, -0.25) is 14.6 Å². The van der Waals surface area contributed by atoms with Crippen LogP contribution in [-0.2, 0) is 11.2 Å². The summed E-state index contributed by atoms with van der Waals surface area (Å²) in [6, 6.07) is 8.85. The molecule has 1 aliphatic carbocycles. The van der Waals surface area contributed by atoms with Crippen molar-refractivity contribution >= 4 is 11.9 Å². The van der Waals surface area contributed by atoms with Crippen molar-refractivity contribution in [3.8, 4) is 17.6 Å². The number of carboxylic acid groups (broad SMARTS) is 1. The van der Waals surface area contributed by atoms with E-state index in [1.54, 1.807) is 25.4 Å². The largest absolute Gasteiger partial charge is 0.495 e. The minimum absolute atomic E-state index is 0.264. The number of aromatic nitrogens is 1. The number of nitrogens with zero attached hydrogens (tertiary/aromatic N) is 2. The molecule has 1 amide bonds. The van der Waals surface area contributed by atoms with Gasteiger partial charge in [0.05, 0.1) is 24.8 Å². The van der Waals surface area contributed by atoms with E-state index in [0.29, 0.717) is 36.4 Å². The van der Waals surface area contributed by atoms with Crippen LogP contribution in [0.5, 0.6) is 11.5 Å². The van der Waals surface area contributed by atoms with E-state index in [9.17, 15) is 14.9 Å². The summed E-state index contributed by atoms with van der Waals surface area (Å²) >= 11 is 0. The number of aryl methyl sites for hydroxylation is 1. The second-order valence-electron chi connectivity index (χ2n) is 8.62. The molecule has 1 aromatic carbocycles. The van der Waals surface area contributed by atoms with Gasteiger partial charge in [-0.05, 0) is 69.2 Å². The van der Waals surface area contributed by atoms with Gasteiger partial charge in [0, 0.05) is 23.4 Å². The molecule has 0 radical (unpaired) electrons. The quantitative estimate of drug-likeness (QED) is 0.567. The highest BCUT2D eigenvalue weighted by molar-refractivity contribution is 5.94. The molecule has 34 heavy (non-hydrogen) atoms. The lowest BCUT2D eigenvalue weighted by Gasteiger charge is -2.26. The smallest absolute Gasteiger partial charge is 0.306 e. The summed E-state index contributed by atoms with van der Waals surface area (Å²) in [6.45, 7) is 4.38. The molecule has 8 heteroatoms. The second kappa shape index (κ2) is 11.5. The van der Waals surface area contributed by atoms with Crippen molar-refractivity contribution < 1.29 is 24.2 Å². The molecule has 0 saturated heterocycles. The summed E-state index contributed by atoms with van der Waals surface area (Å²) in [5, 5.41) is 21.7. The minimum atomic E-state index is -0.740. The summed E-state index contributed by atoms with van der Waals surface area (Å²) in [6.07, 6.45) is 4.89. The third-order valence-electron chi connectivity index (χ3n) is 6.39. The van der Waals surface area contributed by atoms with Crippen LogP contribution in [-0.4, -0.2) is 35.6 Å². The Bertz CT molecular complexity index is 1070. The number of benzene rings is 1. The molecule has 0 spiro atoms. The van der Waals surface area contributed by atoms with Gasteiger partial charge in [0.25, 0.3) is 5.91 Å². The number of ether oxygens (including phenoxy) is 2. The van der Waals surface area contributed by atoms with Gasteiger partial charge in [-0.15, -0.1) is 0 Å². The molecule has 8 nitrogen and oxygen atoms in total. The molecule has 1 aromatic heterocycles. The number of nitrogens with one attached hydrogen (secondary N) is 1. The van der Waals surface area contributed by atoms with Crippen molar-refractivity contribution in [2.45, 2.75) is 52.1 Å². The molecule has 180 valence electrons. The van der Waals surface area contributed by atoms with Crippen LogP contribution >= 0.6 is 0 Å². The number of nitriles is 1. The maximum Gasteiger partial charge on any atom is 0.306 e. The van der Waals surface area contributed by atoms with Gasteiger partial charge in [0.15, 0.2) is 0 Å². The number of carbonyl (C=O) groups is 2. The van der Waals surface area contributed by atoms with Gasteiger partial charge in [-0.25, -0.2) is 0 Å². The SMILES string of the molecule is CCc1cc([C@H](C)Oc2ccc(C(=O)NCC3CCC(C(=O)O)CC3)cc2C#N)c(OC)cn1. The Labute approximate surface area is 199 Å². The molecule has 2 aromatic rings. The maximum atomic E-state index is 12.7. The highest BCUT2D eigenvalue weighted by Crippen LogP contribution is 2.31. The monoisotopic (exact) mass is 465 g/mol. The zero-order valence-corrected chi connectivity index (χ0v) is 19.8. The first kappa shape index (κ1) is 25.0. The predicted molar refractivity (Wildman–Crippen MR) is 126 cm³/mol. The summed E-state index contributed by atoms with van der Waals surface area (Å²) < 4.78 is 11.5. The minimum Gasteiger partial charge on any atom is -0.495 e. The highest BCUT2D eigenvalue weighted by atomic mass is 16.5. The number of methoxy groups -OCH3 is 1. The Morgan fingerprint density at radius 1 is 1.24 bits per heavy atom. The fraction of sp³-hybridized carbons (Fsp3) is 0.462. The molecule has 3 rings (SSSR count). The standard InChI is InChI=1S/C26H31N3O5/c1-4-21-12-22(24(33-3)15-28-21)16(2)34-23-10-9-19(11-20(23)13-27)25(30)29-14-17-5-7-18(8-6-17)26(31)32/h9-12,15-18H,4-8,14H2,1-3H3,(H,29,30)(H,31,32)/t16-,17?,18?/m0/s1. The lowest BCUT2D eigenvalue weighted by molar-refractivity contribution is -0.143. The van der Waals surface area contributed by atoms with Crippen molar-refractivity contribution in [2.75, 3.05) is 13.7 Å². The topological polar surface area (TPSA) is 122 Å². The van der Waals surface area contributed by atoms with E-state index in [0.717, 1.165) is 30.5 Å². The Hall–Kier alpha value is -3.60. The number of pyridine rings is 1. The number of rotatable bonds is 9. The Balaban J connectivity index is 1.65. The van der Waals surface area contributed by atoms with Gasteiger partial charge in [0.2, 0.25) is 0 Å². The van der Waals surface area contributed by atoms with Crippen molar-refractivity contribution in [1.82, 2.24) is 10.3 Å². The number of hydrogen-bond donors (Lipinski definition) is 2. The van der Waals surface area contributed by atoms with E-state index in [1.807, 2.05) is 19.9 Å². The van der Waals surface area contributed by atoms with Crippen LogP contribution in [0.1, 0.15) is 72.8 Å². The van der Waals surface area contributed by atoms with Crippen molar-refractivity contribution in [3.63, 3.8) is 0 Å². The van der Waals surface area contributed by atoms with Gasteiger partial charge >= 0.3 is 5.97 Å². The molecule has 0 aliphatic heterocycles. The van der Waals surface area contributed by atoms with Crippen LogP contribution < -0.4 is 14.8 Å². The first-order valence-corrected chi connectivity index (χ1v) is 11.6. The summed E-state index contributed by atoms with van der Waals surface area (Å²) in [5.41, 5.74) is 2.39. The van der Waals surface area contributed by atoms with Crippen LogP contribution in [0, 0.1) is 23.2 Å². The highest BCUT2D eigenvalue weighted by Gasteiger charge is 2.26. The van der Waals surface area contributed by atoms with Gasteiger partial charge in [0.1, 0.15) is 23.7 Å². The normalized spacial score (nSPS) is 18.4.